The van der Waals surface area contributed by atoms with Crippen molar-refractivity contribution >= 4 is 50.8 Å². The van der Waals surface area contributed by atoms with Crippen LogP contribution in [0.5, 0.6) is 0 Å². The first-order chi connectivity index (χ1) is 12.9. The van der Waals surface area contributed by atoms with Gasteiger partial charge in [0.15, 0.2) is 14.9 Å². The van der Waals surface area contributed by atoms with Gasteiger partial charge in [0, 0.05) is 26.3 Å². The number of hydrogen-bond donors (Lipinski definition) is 0. The summed E-state index contributed by atoms with van der Waals surface area (Å²) in [5.74, 6) is -1.72. The van der Waals surface area contributed by atoms with Crippen molar-refractivity contribution in [3.63, 3.8) is 0 Å². The number of esters is 1. The van der Waals surface area contributed by atoms with Crippen molar-refractivity contribution in [2.45, 2.75) is 44.4 Å². The van der Waals surface area contributed by atoms with Crippen molar-refractivity contribution in [1.29, 1.82) is 0 Å². The number of nitrogens with zero attached hydrogens (tertiary/aromatic N) is 2. The summed E-state index contributed by atoms with van der Waals surface area (Å²) in [7, 11) is -3.72. The Morgan fingerprint density at radius 3 is 2.64 bits per heavy atom. The maximum absolute atomic E-state index is 12.8. The highest BCUT2D eigenvalue weighted by atomic mass is 79.9. The van der Waals surface area contributed by atoms with E-state index in [9.17, 15) is 13.2 Å². The minimum atomic E-state index is -3.78. The molecule has 28 heavy (non-hydrogen) atoms. The predicted molar refractivity (Wildman–Crippen MR) is 115 cm³/mol. The third-order valence-electron chi connectivity index (χ3n) is 4.25. The number of halogens is 1. The van der Waals surface area contributed by atoms with Gasteiger partial charge in [0.25, 0.3) is 0 Å². The van der Waals surface area contributed by atoms with Gasteiger partial charge in [0.05, 0.1) is 23.3 Å². The molecule has 0 N–H and O–H groups in total. The van der Waals surface area contributed by atoms with Gasteiger partial charge in [-0.2, -0.15) is 0 Å². The smallest absolute Gasteiger partial charge is 0.309 e. The number of hydrogen-bond acceptors (Lipinski definition) is 6. The summed E-state index contributed by atoms with van der Waals surface area (Å²) in [5.41, 5.74) is 0.528. The zero-order valence-corrected chi connectivity index (χ0v) is 20.3. The fourth-order valence-corrected chi connectivity index (χ4v) is 5.98. The average Bonchev–Trinajstić information content (AvgIpc) is 2.97. The van der Waals surface area contributed by atoms with Gasteiger partial charge >= 0.3 is 5.97 Å². The second-order valence-corrected chi connectivity index (χ2v) is 16.5. The van der Waals surface area contributed by atoms with E-state index in [1.807, 2.05) is 12.3 Å². The molecule has 0 aliphatic heterocycles. The van der Waals surface area contributed by atoms with E-state index >= 15 is 0 Å². The molecule has 0 aliphatic carbocycles. The fourth-order valence-electron chi connectivity index (χ4n) is 2.61. The summed E-state index contributed by atoms with van der Waals surface area (Å²) in [6, 6.07) is 4.63. The van der Waals surface area contributed by atoms with Gasteiger partial charge in [-0.1, -0.05) is 26.6 Å². The Morgan fingerprint density at radius 2 is 2.04 bits per heavy atom. The number of fused-ring (bicyclic) bond motifs is 1. The van der Waals surface area contributed by atoms with Crippen LogP contribution in [0.2, 0.25) is 25.7 Å². The summed E-state index contributed by atoms with van der Waals surface area (Å²) >= 11 is 3.30. The number of carbonyl (C=O) groups excluding carboxylic acids is 1. The van der Waals surface area contributed by atoms with Crippen molar-refractivity contribution in [3.05, 3.63) is 22.8 Å². The van der Waals surface area contributed by atoms with Crippen molar-refractivity contribution in [1.82, 2.24) is 9.55 Å². The number of methoxy groups -OCH3 is 1. The van der Waals surface area contributed by atoms with Gasteiger partial charge in [-0.15, -0.1) is 0 Å². The number of carbonyl (C=O) groups is 1. The topological polar surface area (TPSA) is 87.5 Å². The van der Waals surface area contributed by atoms with Crippen molar-refractivity contribution in [3.8, 4) is 0 Å². The first kappa shape index (κ1) is 23.0. The molecule has 156 valence electrons. The second kappa shape index (κ2) is 9.06. The van der Waals surface area contributed by atoms with E-state index in [0.717, 1.165) is 11.4 Å². The Morgan fingerprint density at radius 1 is 1.36 bits per heavy atom. The van der Waals surface area contributed by atoms with Crippen LogP contribution in [0.25, 0.3) is 11.0 Å². The molecule has 1 unspecified atom stereocenters. The summed E-state index contributed by atoms with van der Waals surface area (Å²) in [6.45, 7) is 9.34. The van der Waals surface area contributed by atoms with E-state index in [4.69, 9.17) is 4.74 Å². The zero-order chi connectivity index (χ0) is 21.1. The Balaban J connectivity index is 2.25. The number of sulfone groups is 1. The Hall–Kier alpha value is -1.23. The normalized spacial score (nSPS) is 13.6. The van der Waals surface area contributed by atoms with E-state index < -0.39 is 29.8 Å². The first-order valence-electron chi connectivity index (χ1n) is 8.98. The van der Waals surface area contributed by atoms with Crippen LogP contribution in [0.4, 0.5) is 0 Å². The van der Waals surface area contributed by atoms with E-state index in [1.54, 1.807) is 10.6 Å². The van der Waals surface area contributed by atoms with Crippen LogP contribution in [0.1, 0.15) is 6.92 Å². The quantitative estimate of drug-likeness (QED) is 0.302. The van der Waals surface area contributed by atoms with Gasteiger partial charge in [-0.3, -0.25) is 4.79 Å². The molecule has 2 rings (SSSR count). The maximum Gasteiger partial charge on any atom is 0.309 e. The van der Waals surface area contributed by atoms with Crippen molar-refractivity contribution in [2.75, 3.05) is 19.5 Å². The second-order valence-electron chi connectivity index (χ2n) is 8.03. The van der Waals surface area contributed by atoms with Gasteiger partial charge in [0.1, 0.15) is 12.4 Å². The van der Waals surface area contributed by atoms with E-state index in [2.05, 4.69) is 45.3 Å². The number of ether oxygens (including phenoxy) is 2. The van der Waals surface area contributed by atoms with Gasteiger partial charge < -0.3 is 14.0 Å². The molecule has 7 nitrogen and oxygen atoms in total. The van der Waals surface area contributed by atoms with E-state index in [0.29, 0.717) is 23.5 Å². The lowest BCUT2D eigenvalue weighted by Gasteiger charge is -2.16. The Bertz CT molecular complexity index is 953. The van der Waals surface area contributed by atoms with Crippen molar-refractivity contribution in [2.24, 2.45) is 5.92 Å². The molecule has 0 aromatic carbocycles. The highest BCUT2D eigenvalue weighted by Gasteiger charge is 2.27. The lowest BCUT2D eigenvalue weighted by Crippen LogP contribution is -2.23. The van der Waals surface area contributed by atoms with Crippen LogP contribution < -0.4 is 0 Å². The highest BCUT2D eigenvalue weighted by molar-refractivity contribution is 9.10. The summed E-state index contributed by atoms with van der Waals surface area (Å²) < 4.78 is 38.1. The Labute approximate surface area is 175 Å². The lowest BCUT2D eigenvalue weighted by molar-refractivity contribution is -0.144. The van der Waals surface area contributed by atoms with Gasteiger partial charge in [-0.25, -0.2) is 13.4 Å². The number of pyridine rings is 1. The molecule has 2 aromatic rings. The third kappa shape index (κ3) is 5.88. The summed E-state index contributed by atoms with van der Waals surface area (Å²) in [5, 5.41) is 0.721. The SMILES string of the molecule is COC(=O)C(C)CS(=O)(=O)c1nc2c(ccn2COCC[Si](C)(C)C)cc1Br. The molecular formula is C18H27BrN2O5SSi. The average molecular weight is 491 g/mol. The molecule has 0 fully saturated rings. The zero-order valence-electron chi connectivity index (χ0n) is 16.9. The third-order valence-corrected chi connectivity index (χ3v) is 8.66. The van der Waals surface area contributed by atoms with Crippen LogP contribution in [-0.2, 0) is 30.8 Å². The molecule has 0 spiro atoms. The highest BCUT2D eigenvalue weighted by Crippen LogP contribution is 2.27. The minimum absolute atomic E-state index is 0.0854. The van der Waals surface area contributed by atoms with Gasteiger partial charge in [-0.05, 0) is 34.1 Å². The van der Waals surface area contributed by atoms with E-state index in [1.165, 1.54) is 14.0 Å². The molecule has 0 amide bonds. The molecule has 2 heterocycles. The molecule has 1 atom stereocenters. The molecule has 0 saturated heterocycles. The van der Waals surface area contributed by atoms with Crippen LogP contribution >= 0.6 is 15.9 Å². The van der Waals surface area contributed by atoms with Crippen LogP contribution in [0.3, 0.4) is 0 Å². The molecule has 0 saturated carbocycles. The fraction of sp³-hybridized carbons (Fsp3) is 0.556. The van der Waals surface area contributed by atoms with Gasteiger partial charge in [0.2, 0.25) is 0 Å². The molecular weight excluding hydrogens is 464 g/mol. The maximum atomic E-state index is 12.8. The lowest BCUT2D eigenvalue weighted by atomic mass is 10.2. The number of rotatable bonds is 9. The van der Waals surface area contributed by atoms with E-state index in [-0.39, 0.29) is 10.8 Å². The number of aromatic nitrogens is 2. The summed E-state index contributed by atoms with van der Waals surface area (Å²) in [4.78, 5) is 16.0. The van der Waals surface area contributed by atoms with Crippen LogP contribution in [-0.4, -0.2) is 51.5 Å². The van der Waals surface area contributed by atoms with Crippen LogP contribution in [0.15, 0.2) is 27.8 Å². The predicted octanol–water partition coefficient (Wildman–Crippen LogP) is 3.69. The van der Waals surface area contributed by atoms with Crippen LogP contribution in [0, 0.1) is 5.92 Å². The molecule has 2 aromatic heterocycles. The molecule has 10 heteroatoms. The minimum Gasteiger partial charge on any atom is -0.469 e. The summed E-state index contributed by atoms with van der Waals surface area (Å²) in [6.07, 6.45) is 1.83. The van der Waals surface area contributed by atoms with Crippen molar-refractivity contribution < 1.29 is 22.7 Å². The molecule has 0 bridgehead atoms. The first-order valence-corrected chi connectivity index (χ1v) is 15.1. The molecule has 0 radical (unpaired) electrons. The Kier molecular flexibility index (Phi) is 7.46. The largest absolute Gasteiger partial charge is 0.469 e. The standard InChI is InChI=1S/C18H27BrN2O5SSi/c1-13(18(22)25-2)11-27(23,24)17-15(19)10-14-6-7-21(16(14)20-17)12-26-8-9-28(3,4)5/h6-7,10,13H,8-9,11-12H2,1-5H3. The molecule has 0 aliphatic rings. The monoisotopic (exact) mass is 490 g/mol.